The van der Waals surface area contributed by atoms with Gasteiger partial charge in [-0.3, -0.25) is 20.4 Å². The molecule has 5 nitrogen and oxygen atoms in total. The summed E-state index contributed by atoms with van der Waals surface area (Å²) >= 11 is 11.7. The predicted octanol–water partition coefficient (Wildman–Crippen LogP) is 4.35. The number of hydrazine groups is 1. The molecule has 0 radical (unpaired) electrons. The summed E-state index contributed by atoms with van der Waals surface area (Å²) in [5, 5.41) is 0.665. The summed E-state index contributed by atoms with van der Waals surface area (Å²) in [5.74, 6) is -0.0281. The van der Waals surface area contributed by atoms with E-state index in [1.807, 2.05) is 24.3 Å². The van der Waals surface area contributed by atoms with Crippen LogP contribution in [-0.2, 0) is 4.79 Å². The lowest BCUT2D eigenvalue weighted by molar-refractivity contribution is -0.123. The molecule has 0 fully saturated rings. The second-order valence-electron chi connectivity index (χ2n) is 5.80. The monoisotopic (exact) mass is 394 g/mol. The summed E-state index contributed by atoms with van der Waals surface area (Å²) in [7, 11) is 0. The Morgan fingerprint density at radius 2 is 1.73 bits per heavy atom. The Kier molecular flexibility index (Phi) is 7.30. The van der Waals surface area contributed by atoms with Crippen LogP contribution in [0.15, 0.2) is 42.5 Å². The van der Waals surface area contributed by atoms with Gasteiger partial charge in [-0.1, -0.05) is 55.2 Å². The number of hydrogen-bond donors (Lipinski definition) is 2. The van der Waals surface area contributed by atoms with Crippen molar-refractivity contribution in [3.63, 3.8) is 0 Å². The van der Waals surface area contributed by atoms with Gasteiger partial charge < -0.3 is 4.74 Å². The second kappa shape index (κ2) is 9.46. The number of benzene rings is 2. The van der Waals surface area contributed by atoms with E-state index in [4.69, 9.17) is 27.9 Å². The molecule has 0 aromatic heterocycles. The maximum Gasteiger partial charge on any atom is 0.276 e. The largest absolute Gasteiger partial charge is 0.483 e. The lowest BCUT2D eigenvalue weighted by Crippen LogP contribution is -2.43. The summed E-state index contributed by atoms with van der Waals surface area (Å²) in [4.78, 5) is 24.0. The number of rotatable bonds is 6. The number of nitrogens with one attached hydrogen (secondary N) is 2. The molecule has 138 valence electrons. The maximum atomic E-state index is 12.0. The van der Waals surface area contributed by atoms with Gasteiger partial charge >= 0.3 is 0 Å². The zero-order valence-corrected chi connectivity index (χ0v) is 16.0. The summed E-state index contributed by atoms with van der Waals surface area (Å²) in [6, 6.07) is 12.0. The minimum atomic E-state index is -0.525. The minimum Gasteiger partial charge on any atom is -0.483 e. The molecule has 0 saturated carbocycles. The molecule has 0 bridgehead atoms. The molecule has 0 saturated heterocycles. The van der Waals surface area contributed by atoms with Gasteiger partial charge in [0.1, 0.15) is 5.75 Å². The van der Waals surface area contributed by atoms with Crippen LogP contribution in [0, 0.1) is 0 Å². The van der Waals surface area contributed by atoms with Crippen molar-refractivity contribution in [1.82, 2.24) is 10.9 Å². The number of carbonyl (C=O) groups excluding carboxylic acids is 2. The Labute approximate surface area is 162 Å². The molecule has 2 amide bonds. The SMILES string of the molecule is CCC(C)c1ccccc1OCC(=O)NNC(=O)c1cc(Cl)cc(Cl)c1. The maximum absolute atomic E-state index is 12.0. The van der Waals surface area contributed by atoms with Crippen molar-refractivity contribution >= 4 is 35.0 Å². The highest BCUT2D eigenvalue weighted by molar-refractivity contribution is 6.35. The van der Waals surface area contributed by atoms with Gasteiger partial charge in [0.15, 0.2) is 6.61 Å². The highest BCUT2D eigenvalue weighted by atomic mass is 35.5. The fraction of sp³-hybridized carbons (Fsp3) is 0.263. The number of carbonyl (C=O) groups is 2. The first-order chi connectivity index (χ1) is 12.4. The smallest absolute Gasteiger partial charge is 0.276 e. The van der Waals surface area contributed by atoms with Crippen LogP contribution in [0.4, 0.5) is 0 Å². The number of ether oxygens (including phenoxy) is 1. The number of amides is 2. The first kappa shape index (κ1) is 20.1. The average molecular weight is 395 g/mol. The highest BCUT2D eigenvalue weighted by Crippen LogP contribution is 2.28. The molecule has 0 aliphatic heterocycles. The van der Waals surface area contributed by atoms with E-state index in [9.17, 15) is 9.59 Å². The Morgan fingerprint density at radius 3 is 2.38 bits per heavy atom. The summed E-state index contributed by atoms with van der Waals surface area (Å²) in [6.45, 7) is 3.97. The molecule has 0 spiro atoms. The van der Waals surface area contributed by atoms with Crippen molar-refractivity contribution in [3.8, 4) is 5.75 Å². The lowest BCUT2D eigenvalue weighted by atomic mass is 9.98. The van der Waals surface area contributed by atoms with Gasteiger partial charge in [-0.2, -0.15) is 0 Å². The topological polar surface area (TPSA) is 67.4 Å². The van der Waals surface area contributed by atoms with Gasteiger partial charge in [-0.05, 0) is 42.2 Å². The van der Waals surface area contributed by atoms with Crippen molar-refractivity contribution < 1.29 is 14.3 Å². The van der Waals surface area contributed by atoms with Crippen LogP contribution in [0.1, 0.15) is 42.1 Å². The number of hydrogen-bond acceptors (Lipinski definition) is 3. The van der Waals surface area contributed by atoms with Crippen LogP contribution in [0.5, 0.6) is 5.75 Å². The third-order valence-electron chi connectivity index (χ3n) is 3.86. The molecule has 2 rings (SSSR count). The van der Waals surface area contributed by atoms with Crippen LogP contribution in [0.3, 0.4) is 0 Å². The molecule has 2 N–H and O–H groups in total. The summed E-state index contributed by atoms with van der Waals surface area (Å²) in [5.41, 5.74) is 5.89. The van der Waals surface area contributed by atoms with Crippen LogP contribution >= 0.6 is 23.2 Å². The zero-order valence-electron chi connectivity index (χ0n) is 14.5. The van der Waals surface area contributed by atoms with E-state index in [-0.39, 0.29) is 12.2 Å². The molecule has 26 heavy (non-hydrogen) atoms. The van der Waals surface area contributed by atoms with Gasteiger partial charge in [0.2, 0.25) is 0 Å². The standard InChI is InChI=1S/C19H20Cl2N2O3/c1-3-12(2)16-6-4-5-7-17(16)26-11-18(24)22-23-19(25)13-8-14(20)10-15(21)9-13/h4-10,12H,3,11H2,1-2H3,(H,22,24)(H,23,25). The first-order valence-electron chi connectivity index (χ1n) is 8.17. The van der Waals surface area contributed by atoms with Crippen LogP contribution in [0.25, 0.3) is 0 Å². The highest BCUT2D eigenvalue weighted by Gasteiger charge is 2.12. The van der Waals surface area contributed by atoms with E-state index < -0.39 is 11.8 Å². The van der Waals surface area contributed by atoms with Crippen molar-refractivity contribution in [2.75, 3.05) is 6.61 Å². The summed E-state index contributed by atoms with van der Waals surface area (Å²) in [6.07, 6.45) is 0.963. The van der Waals surface area contributed by atoms with Gasteiger partial charge in [0.05, 0.1) is 0 Å². The quantitative estimate of drug-likeness (QED) is 0.715. The summed E-state index contributed by atoms with van der Waals surface area (Å²) < 4.78 is 5.59. The normalized spacial score (nSPS) is 11.5. The fourth-order valence-corrected chi connectivity index (χ4v) is 2.83. The lowest BCUT2D eigenvalue weighted by Gasteiger charge is -2.15. The van der Waals surface area contributed by atoms with Gasteiger partial charge in [0.25, 0.3) is 11.8 Å². The molecule has 1 unspecified atom stereocenters. The van der Waals surface area contributed by atoms with Crippen molar-refractivity contribution in [2.45, 2.75) is 26.2 Å². The van der Waals surface area contributed by atoms with E-state index >= 15 is 0 Å². The average Bonchev–Trinajstić information content (AvgIpc) is 2.63. The number of para-hydroxylation sites is 1. The predicted molar refractivity (Wildman–Crippen MR) is 103 cm³/mol. The molecule has 0 aliphatic carbocycles. The molecule has 0 aliphatic rings. The van der Waals surface area contributed by atoms with Crippen LogP contribution < -0.4 is 15.6 Å². The Morgan fingerprint density at radius 1 is 1.08 bits per heavy atom. The fourth-order valence-electron chi connectivity index (χ4n) is 2.30. The van der Waals surface area contributed by atoms with Gasteiger partial charge in [-0.15, -0.1) is 0 Å². The van der Waals surface area contributed by atoms with E-state index in [1.54, 1.807) is 0 Å². The molecular weight excluding hydrogens is 375 g/mol. The second-order valence-corrected chi connectivity index (χ2v) is 6.67. The molecule has 1 atom stereocenters. The third-order valence-corrected chi connectivity index (χ3v) is 4.30. The molecule has 2 aromatic carbocycles. The van der Waals surface area contributed by atoms with Gasteiger partial charge in [-0.25, -0.2) is 0 Å². The van der Waals surface area contributed by atoms with E-state index in [1.165, 1.54) is 18.2 Å². The molecule has 0 heterocycles. The third kappa shape index (κ3) is 5.64. The van der Waals surface area contributed by atoms with E-state index in [0.717, 1.165) is 12.0 Å². The van der Waals surface area contributed by atoms with E-state index in [2.05, 4.69) is 24.7 Å². The Bertz CT molecular complexity index is 776. The van der Waals surface area contributed by atoms with Gasteiger partial charge in [0, 0.05) is 15.6 Å². The first-order valence-corrected chi connectivity index (χ1v) is 8.93. The molecule has 2 aromatic rings. The van der Waals surface area contributed by atoms with Crippen molar-refractivity contribution in [1.29, 1.82) is 0 Å². The van der Waals surface area contributed by atoms with Crippen LogP contribution in [0.2, 0.25) is 10.0 Å². The Balaban J connectivity index is 1.89. The van der Waals surface area contributed by atoms with E-state index in [0.29, 0.717) is 21.7 Å². The van der Waals surface area contributed by atoms with Crippen molar-refractivity contribution in [2.24, 2.45) is 0 Å². The Hall–Kier alpha value is -2.24. The van der Waals surface area contributed by atoms with Crippen molar-refractivity contribution in [3.05, 3.63) is 63.6 Å². The minimum absolute atomic E-state index is 0.218. The molecule has 7 heteroatoms. The van der Waals surface area contributed by atoms with Crippen LogP contribution in [-0.4, -0.2) is 18.4 Å². The molecular formula is C19H20Cl2N2O3. The number of halogens is 2. The zero-order chi connectivity index (χ0) is 19.1.